The van der Waals surface area contributed by atoms with E-state index in [0.29, 0.717) is 28.2 Å². The first kappa shape index (κ1) is 24.6. The van der Waals surface area contributed by atoms with Gasteiger partial charge in [-0.3, -0.25) is 19.9 Å². The molecule has 1 fully saturated rings. The molecule has 3 aromatic rings. The van der Waals surface area contributed by atoms with Crippen molar-refractivity contribution in [2.24, 2.45) is 5.92 Å². The number of carbonyl (C=O) groups is 2. The first-order valence-corrected chi connectivity index (χ1v) is 12.2. The Balaban J connectivity index is 1.51. The molecule has 2 aromatic heterocycles. The molecule has 0 unspecified atom stereocenters. The highest BCUT2D eigenvalue weighted by Crippen LogP contribution is 2.29. The average molecular weight is 501 g/mol. The summed E-state index contributed by atoms with van der Waals surface area (Å²) in [6.07, 6.45) is 5.72. The van der Waals surface area contributed by atoms with Gasteiger partial charge in [0.1, 0.15) is 16.9 Å². The standard InChI is InChI=1S/C24H26F2N6O2S/c1-13-9-19(18(26)12-27-13)28-20-11-16(7-8-17(20)25)22(33)29-21(10-15-5-3-4-6-15)23(34)30-24-32-31-14(2)35-24/h7-9,11-12,15,21H,3-6,10H2,1-2H3,(H,27,28)(H,29,33)(H,30,32,34)/t21-/m0/s1. The topological polar surface area (TPSA) is 109 Å². The summed E-state index contributed by atoms with van der Waals surface area (Å²) in [5, 5.41) is 17.1. The van der Waals surface area contributed by atoms with Crippen LogP contribution in [0.25, 0.3) is 0 Å². The second-order valence-corrected chi connectivity index (χ2v) is 9.83. The van der Waals surface area contributed by atoms with Gasteiger partial charge in [-0.2, -0.15) is 0 Å². The fourth-order valence-electron chi connectivity index (χ4n) is 4.14. The average Bonchev–Trinajstić information content (AvgIpc) is 3.48. The normalized spacial score (nSPS) is 14.5. The molecule has 2 amide bonds. The number of anilines is 3. The Hall–Kier alpha value is -3.47. The van der Waals surface area contributed by atoms with E-state index in [0.717, 1.165) is 37.9 Å². The van der Waals surface area contributed by atoms with Crippen molar-refractivity contribution in [2.45, 2.75) is 52.0 Å². The molecule has 0 saturated heterocycles. The van der Waals surface area contributed by atoms with E-state index in [1.807, 2.05) is 0 Å². The van der Waals surface area contributed by atoms with Crippen molar-refractivity contribution in [2.75, 3.05) is 10.6 Å². The third-order valence-corrected chi connectivity index (χ3v) is 6.67. The Morgan fingerprint density at radius 3 is 2.54 bits per heavy atom. The van der Waals surface area contributed by atoms with Gasteiger partial charge in [0, 0.05) is 11.3 Å². The third kappa shape index (κ3) is 6.36. The molecule has 35 heavy (non-hydrogen) atoms. The second kappa shape index (κ2) is 10.9. The number of rotatable bonds is 8. The lowest BCUT2D eigenvalue weighted by molar-refractivity contribution is -0.118. The van der Waals surface area contributed by atoms with E-state index >= 15 is 0 Å². The summed E-state index contributed by atoms with van der Waals surface area (Å²) in [4.78, 5) is 29.9. The Morgan fingerprint density at radius 2 is 1.83 bits per heavy atom. The number of hydrogen-bond acceptors (Lipinski definition) is 7. The van der Waals surface area contributed by atoms with E-state index in [4.69, 9.17) is 0 Å². The summed E-state index contributed by atoms with van der Waals surface area (Å²) in [6, 6.07) is 4.38. The fraction of sp³-hybridized carbons (Fsp3) is 0.375. The molecule has 1 aromatic carbocycles. The van der Waals surface area contributed by atoms with E-state index in [1.54, 1.807) is 13.8 Å². The van der Waals surface area contributed by atoms with E-state index < -0.39 is 23.6 Å². The van der Waals surface area contributed by atoms with E-state index in [9.17, 15) is 18.4 Å². The van der Waals surface area contributed by atoms with Crippen LogP contribution in [0.5, 0.6) is 0 Å². The minimum Gasteiger partial charge on any atom is -0.351 e. The molecule has 1 aliphatic carbocycles. The Labute approximate surface area is 205 Å². The van der Waals surface area contributed by atoms with Gasteiger partial charge in [0.15, 0.2) is 5.82 Å². The van der Waals surface area contributed by atoms with Crippen LogP contribution >= 0.6 is 11.3 Å². The Kier molecular flexibility index (Phi) is 7.64. The number of pyridine rings is 1. The number of nitrogens with zero attached hydrogens (tertiary/aromatic N) is 3. The van der Waals surface area contributed by atoms with Crippen molar-refractivity contribution in [3.63, 3.8) is 0 Å². The van der Waals surface area contributed by atoms with Gasteiger partial charge in [-0.05, 0) is 50.5 Å². The van der Waals surface area contributed by atoms with Crippen molar-refractivity contribution in [1.29, 1.82) is 0 Å². The van der Waals surface area contributed by atoms with Crippen LogP contribution in [0.3, 0.4) is 0 Å². The Morgan fingerprint density at radius 1 is 1.09 bits per heavy atom. The van der Waals surface area contributed by atoms with Gasteiger partial charge < -0.3 is 10.6 Å². The summed E-state index contributed by atoms with van der Waals surface area (Å²) in [6.45, 7) is 3.47. The van der Waals surface area contributed by atoms with Gasteiger partial charge in [0.25, 0.3) is 5.91 Å². The lowest BCUT2D eigenvalue weighted by atomic mass is 9.97. The number of halogens is 2. The molecule has 0 spiro atoms. The zero-order chi connectivity index (χ0) is 24.9. The van der Waals surface area contributed by atoms with Gasteiger partial charge in [-0.15, -0.1) is 10.2 Å². The molecular weight excluding hydrogens is 474 g/mol. The van der Waals surface area contributed by atoms with Gasteiger partial charge in [-0.25, -0.2) is 8.78 Å². The maximum absolute atomic E-state index is 14.4. The van der Waals surface area contributed by atoms with Gasteiger partial charge in [0.05, 0.1) is 17.6 Å². The van der Waals surface area contributed by atoms with E-state index in [1.165, 1.54) is 29.5 Å². The number of benzene rings is 1. The minimum absolute atomic E-state index is 0.0415. The van der Waals surface area contributed by atoms with Crippen LogP contribution in [0.4, 0.5) is 25.3 Å². The predicted molar refractivity (Wildman–Crippen MR) is 130 cm³/mol. The molecule has 0 radical (unpaired) electrons. The van der Waals surface area contributed by atoms with E-state index in [-0.39, 0.29) is 22.8 Å². The molecule has 0 bridgehead atoms. The molecule has 2 heterocycles. The third-order valence-electron chi connectivity index (χ3n) is 5.91. The SMILES string of the molecule is Cc1cc(Nc2cc(C(=O)N[C@@H](CC3CCCC3)C(=O)Nc3nnc(C)s3)ccc2F)c(F)cn1. The van der Waals surface area contributed by atoms with Crippen LogP contribution in [0.15, 0.2) is 30.5 Å². The second-order valence-electron chi connectivity index (χ2n) is 8.65. The summed E-state index contributed by atoms with van der Waals surface area (Å²) in [5.74, 6) is -1.89. The molecule has 1 saturated carbocycles. The van der Waals surface area contributed by atoms with Crippen molar-refractivity contribution >= 4 is 39.7 Å². The molecule has 184 valence electrons. The smallest absolute Gasteiger partial charge is 0.252 e. The van der Waals surface area contributed by atoms with Crippen LogP contribution in [0, 0.1) is 31.4 Å². The quantitative estimate of drug-likeness (QED) is 0.406. The summed E-state index contributed by atoms with van der Waals surface area (Å²) >= 11 is 1.25. The molecule has 4 rings (SSSR count). The fourth-order valence-corrected chi connectivity index (χ4v) is 4.73. The van der Waals surface area contributed by atoms with Crippen LogP contribution < -0.4 is 16.0 Å². The highest BCUT2D eigenvalue weighted by molar-refractivity contribution is 7.15. The van der Waals surface area contributed by atoms with Crippen molar-refractivity contribution < 1.29 is 18.4 Å². The molecular formula is C24H26F2N6O2S. The molecule has 0 aliphatic heterocycles. The lowest BCUT2D eigenvalue weighted by Crippen LogP contribution is -2.44. The maximum atomic E-state index is 14.4. The molecule has 11 heteroatoms. The Bertz CT molecular complexity index is 1230. The zero-order valence-corrected chi connectivity index (χ0v) is 20.2. The van der Waals surface area contributed by atoms with Crippen LogP contribution in [-0.4, -0.2) is 33.0 Å². The van der Waals surface area contributed by atoms with Crippen LogP contribution in [-0.2, 0) is 4.79 Å². The molecule has 1 atom stereocenters. The van der Waals surface area contributed by atoms with Gasteiger partial charge >= 0.3 is 0 Å². The molecule has 1 aliphatic rings. The lowest BCUT2D eigenvalue weighted by Gasteiger charge is -2.21. The largest absolute Gasteiger partial charge is 0.351 e. The van der Waals surface area contributed by atoms with E-state index in [2.05, 4.69) is 31.1 Å². The molecule has 3 N–H and O–H groups in total. The zero-order valence-electron chi connectivity index (χ0n) is 19.4. The number of carbonyl (C=O) groups excluding carboxylic acids is 2. The highest BCUT2D eigenvalue weighted by atomic mass is 32.1. The number of aryl methyl sites for hydroxylation is 2. The van der Waals surface area contributed by atoms with Crippen molar-refractivity contribution in [3.05, 3.63) is 58.4 Å². The number of hydrogen-bond donors (Lipinski definition) is 3. The number of nitrogens with one attached hydrogen (secondary N) is 3. The molecule has 8 nitrogen and oxygen atoms in total. The predicted octanol–water partition coefficient (Wildman–Crippen LogP) is 4.89. The summed E-state index contributed by atoms with van der Waals surface area (Å²) < 4.78 is 28.5. The summed E-state index contributed by atoms with van der Waals surface area (Å²) in [5.41, 5.74) is 0.661. The first-order chi connectivity index (χ1) is 16.8. The van der Waals surface area contributed by atoms with Gasteiger partial charge in [0.2, 0.25) is 11.0 Å². The summed E-state index contributed by atoms with van der Waals surface area (Å²) in [7, 11) is 0. The monoisotopic (exact) mass is 500 g/mol. The van der Waals surface area contributed by atoms with Crippen LogP contribution in [0.2, 0.25) is 0 Å². The highest BCUT2D eigenvalue weighted by Gasteiger charge is 2.28. The number of amides is 2. The van der Waals surface area contributed by atoms with Crippen molar-refractivity contribution in [1.82, 2.24) is 20.5 Å². The van der Waals surface area contributed by atoms with Crippen LogP contribution in [0.1, 0.15) is 53.2 Å². The first-order valence-electron chi connectivity index (χ1n) is 11.4. The minimum atomic E-state index is -0.795. The van der Waals surface area contributed by atoms with Gasteiger partial charge in [-0.1, -0.05) is 37.0 Å². The van der Waals surface area contributed by atoms with Crippen molar-refractivity contribution in [3.8, 4) is 0 Å². The number of aromatic nitrogens is 3. The maximum Gasteiger partial charge on any atom is 0.252 e.